The highest BCUT2D eigenvalue weighted by Gasteiger charge is 2.32. The van der Waals surface area contributed by atoms with E-state index in [0.717, 1.165) is 59.7 Å². The molecule has 0 bridgehead atoms. The largest absolute Gasteiger partial charge is 0.366 e. The zero-order valence-electron chi connectivity index (χ0n) is 26.6. The summed E-state index contributed by atoms with van der Waals surface area (Å²) in [6.07, 6.45) is 7.69. The summed E-state index contributed by atoms with van der Waals surface area (Å²) in [6.45, 7) is 18.9. The predicted octanol–water partition coefficient (Wildman–Crippen LogP) is 5.75. The number of nitrogens with one attached hydrogen (secondary N) is 2. The summed E-state index contributed by atoms with van der Waals surface area (Å²) < 4.78 is 21.5. The fourth-order valence-corrected chi connectivity index (χ4v) is 5.83. The molecular formula is C32H47N7O3Si. The second-order valence-electron chi connectivity index (χ2n) is 13.4. The Morgan fingerprint density at radius 1 is 1.09 bits per heavy atom. The Kier molecular flexibility index (Phi) is 9.67. The standard InChI is InChI=1S/C32H47N7O3Si/c1-23(2)28(20-33-18-26-21-41-32(3,4)42-26)36-29-12-14-39-31(37-29)27(19-35-39)24-8-10-25(11-9-24)30-34-13-15-38(30)22-40-16-17-43(5,6)7/h8-15,19,23,26,28,33H,16-18,20-22H2,1-7H3,(H,36,37)/t26-,28?/m0/s1. The van der Waals surface area contributed by atoms with Crippen molar-refractivity contribution in [1.82, 2.24) is 29.5 Å². The highest BCUT2D eigenvalue weighted by Crippen LogP contribution is 2.28. The van der Waals surface area contributed by atoms with Gasteiger partial charge in [0.15, 0.2) is 11.4 Å². The number of hydrogen-bond donors (Lipinski definition) is 2. The van der Waals surface area contributed by atoms with Crippen LogP contribution in [-0.4, -0.2) is 76.5 Å². The van der Waals surface area contributed by atoms with Crippen LogP contribution in [0.3, 0.4) is 0 Å². The molecule has 1 aromatic carbocycles. The molecule has 5 rings (SSSR count). The molecule has 0 saturated carbocycles. The molecule has 10 nitrogen and oxygen atoms in total. The van der Waals surface area contributed by atoms with E-state index < -0.39 is 13.9 Å². The van der Waals surface area contributed by atoms with E-state index in [1.54, 1.807) is 0 Å². The molecule has 0 radical (unpaired) electrons. The fraction of sp³-hybridized carbons (Fsp3) is 0.531. The molecule has 0 spiro atoms. The molecular weight excluding hydrogens is 558 g/mol. The zero-order chi connectivity index (χ0) is 30.6. The quantitative estimate of drug-likeness (QED) is 0.139. The molecule has 4 heterocycles. The minimum Gasteiger partial charge on any atom is -0.366 e. The lowest BCUT2D eigenvalue weighted by Gasteiger charge is -2.24. The molecule has 11 heteroatoms. The summed E-state index contributed by atoms with van der Waals surface area (Å²) in [4.78, 5) is 9.57. The van der Waals surface area contributed by atoms with Crippen LogP contribution in [0.15, 0.2) is 55.1 Å². The van der Waals surface area contributed by atoms with Crippen LogP contribution in [-0.2, 0) is 20.9 Å². The van der Waals surface area contributed by atoms with Crippen molar-refractivity contribution in [3.8, 4) is 22.5 Å². The molecule has 2 atom stereocenters. The molecule has 1 unspecified atom stereocenters. The van der Waals surface area contributed by atoms with Crippen LogP contribution in [0.4, 0.5) is 5.82 Å². The summed E-state index contributed by atoms with van der Waals surface area (Å²) in [7, 11) is -1.12. The maximum absolute atomic E-state index is 5.97. The van der Waals surface area contributed by atoms with Crippen LogP contribution < -0.4 is 10.6 Å². The van der Waals surface area contributed by atoms with Gasteiger partial charge in [-0.25, -0.2) is 14.5 Å². The predicted molar refractivity (Wildman–Crippen MR) is 174 cm³/mol. The second-order valence-corrected chi connectivity index (χ2v) is 19.0. The summed E-state index contributed by atoms with van der Waals surface area (Å²) in [6, 6.07) is 11.7. The lowest BCUT2D eigenvalue weighted by atomic mass is 10.0. The molecule has 0 amide bonds. The number of aromatic nitrogens is 5. The highest BCUT2D eigenvalue weighted by atomic mass is 28.3. The molecule has 1 saturated heterocycles. The van der Waals surface area contributed by atoms with E-state index >= 15 is 0 Å². The van der Waals surface area contributed by atoms with E-state index in [4.69, 9.17) is 19.2 Å². The van der Waals surface area contributed by atoms with Crippen molar-refractivity contribution in [3.05, 3.63) is 55.1 Å². The van der Waals surface area contributed by atoms with Gasteiger partial charge in [-0.15, -0.1) is 0 Å². The van der Waals surface area contributed by atoms with E-state index in [9.17, 15) is 0 Å². The number of nitrogens with zero attached hydrogens (tertiary/aromatic N) is 5. The van der Waals surface area contributed by atoms with Gasteiger partial charge in [0, 0.05) is 63.5 Å². The van der Waals surface area contributed by atoms with Crippen molar-refractivity contribution >= 4 is 19.5 Å². The number of hydrogen-bond acceptors (Lipinski definition) is 8. The smallest absolute Gasteiger partial charge is 0.165 e. The minimum atomic E-state index is -1.12. The molecule has 0 aliphatic carbocycles. The number of anilines is 1. The third kappa shape index (κ3) is 8.30. The van der Waals surface area contributed by atoms with Gasteiger partial charge in [-0.2, -0.15) is 5.10 Å². The lowest BCUT2D eigenvalue weighted by Crippen LogP contribution is -2.40. The van der Waals surface area contributed by atoms with Crippen molar-refractivity contribution < 1.29 is 14.2 Å². The van der Waals surface area contributed by atoms with Gasteiger partial charge >= 0.3 is 0 Å². The average molecular weight is 606 g/mol. The number of rotatable bonds is 14. The molecule has 1 aliphatic rings. The highest BCUT2D eigenvalue weighted by molar-refractivity contribution is 6.76. The number of ether oxygens (including phenoxy) is 3. The van der Waals surface area contributed by atoms with Gasteiger partial charge in [-0.1, -0.05) is 57.8 Å². The van der Waals surface area contributed by atoms with E-state index in [-0.39, 0.29) is 12.1 Å². The van der Waals surface area contributed by atoms with Gasteiger partial charge in [0.05, 0.1) is 18.9 Å². The fourth-order valence-electron chi connectivity index (χ4n) is 5.07. The maximum atomic E-state index is 5.97. The molecule has 2 N–H and O–H groups in total. The topological polar surface area (TPSA) is 99.8 Å². The third-order valence-corrected chi connectivity index (χ3v) is 9.41. The Balaban J connectivity index is 1.24. The van der Waals surface area contributed by atoms with E-state index in [0.29, 0.717) is 19.3 Å². The van der Waals surface area contributed by atoms with Gasteiger partial charge in [0.1, 0.15) is 18.4 Å². The van der Waals surface area contributed by atoms with Gasteiger partial charge in [-0.3, -0.25) is 0 Å². The third-order valence-electron chi connectivity index (χ3n) is 7.71. The van der Waals surface area contributed by atoms with Crippen LogP contribution in [0, 0.1) is 5.92 Å². The number of fused-ring (bicyclic) bond motifs is 1. The SMILES string of the molecule is CC(C)C(CNC[C@H]1COC(C)(C)O1)Nc1ccn2ncc(-c3ccc(-c4nccn4COCC[Si](C)(C)C)cc3)c2n1. The molecule has 1 aliphatic heterocycles. The van der Waals surface area contributed by atoms with Gasteiger partial charge in [-0.05, 0) is 37.4 Å². The molecule has 1 fully saturated rings. The summed E-state index contributed by atoms with van der Waals surface area (Å²) in [5.41, 5.74) is 3.88. The average Bonchev–Trinajstić information content (AvgIpc) is 3.68. The second kappa shape index (κ2) is 13.3. The minimum absolute atomic E-state index is 0.0613. The monoisotopic (exact) mass is 605 g/mol. The normalized spacial score (nSPS) is 17.6. The van der Waals surface area contributed by atoms with E-state index in [1.165, 1.54) is 0 Å². The zero-order valence-corrected chi connectivity index (χ0v) is 27.6. The Morgan fingerprint density at radius 3 is 2.56 bits per heavy atom. The Morgan fingerprint density at radius 2 is 1.86 bits per heavy atom. The van der Waals surface area contributed by atoms with Crippen molar-refractivity contribution in [2.24, 2.45) is 5.92 Å². The van der Waals surface area contributed by atoms with Crippen LogP contribution in [0.5, 0.6) is 0 Å². The van der Waals surface area contributed by atoms with Crippen LogP contribution >= 0.6 is 0 Å². The summed E-state index contributed by atoms with van der Waals surface area (Å²) in [5, 5.41) is 11.7. The number of imidazole rings is 1. The van der Waals surface area contributed by atoms with Gasteiger partial charge in [0.2, 0.25) is 0 Å². The molecule has 4 aromatic rings. The number of benzene rings is 1. The molecule has 3 aromatic heterocycles. The van der Waals surface area contributed by atoms with Crippen molar-refractivity contribution in [1.29, 1.82) is 0 Å². The van der Waals surface area contributed by atoms with Crippen molar-refractivity contribution in [2.75, 3.05) is 31.6 Å². The van der Waals surface area contributed by atoms with Crippen molar-refractivity contribution in [3.63, 3.8) is 0 Å². The summed E-state index contributed by atoms with van der Waals surface area (Å²) >= 11 is 0. The Bertz CT molecular complexity index is 1480. The van der Waals surface area contributed by atoms with E-state index in [2.05, 4.69) is 83.0 Å². The van der Waals surface area contributed by atoms with Crippen molar-refractivity contribution in [2.45, 2.75) is 78.0 Å². The molecule has 232 valence electrons. The van der Waals surface area contributed by atoms with Gasteiger partial charge in [0.25, 0.3) is 0 Å². The lowest BCUT2D eigenvalue weighted by molar-refractivity contribution is -0.137. The first-order valence-electron chi connectivity index (χ1n) is 15.3. The first-order valence-corrected chi connectivity index (χ1v) is 19.0. The Labute approximate surface area is 256 Å². The first kappa shape index (κ1) is 31.3. The Hall–Kier alpha value is -3.09. The maximum Gasteiger partial charge on any atom is 0.165 e. The molecule has 43 heavy (non-hydrogen) atoms. The van der Waals surface area contributed by atoms with Crippen LogP contribution in [0.25, 0.3) is 28.2 Å². The summed E-state index contributed by atoms with van der Waals surface area (Å²) in [5.74, 6) is 1.62. The first-order chi connectivity index (χ1) is 20.5. The van der Waals surface area contributed by atoms with E-state index in [1.807, 2.05) is 49.2 Å². The van der Waals surface area contributed by atoms with Crippen LogP contribution in [0.2, 0.25) is 25.7 Å². The van der Waals surface area contributed by atoms with Crippen LogP contribution in [0.1, 0.15) is 27.7 Å². The van der Waals surface area contributed by atoms with Gasteiger partial charge < -0.3 is 29.4 Å².